The molecule has 4 rings (SSSR count). The van der Waals surface area contributed by atoms with Crippen LogP contribution in [0.5, 0.6) is 0 Å². The first-order valence-corrected chi connectivity index (χ1v) is 8.65. The number of aromatic nitrogens is 3. The van der Waals surface area contributed by atoms with Crippen molar-refractivity contribution in [2.24, 2.45) is 0 Å². The summed E-state index contributed by atoms with van der Waals surface area (Å²) in [5.74, 6) is -0.234. The molecule has 0 unspecified atom stereocenters. The lowest BCUT2D eigenvalue weighted by Gasteiger charge is -2.24. The van der Waals surface area contributed by atoms with E-state index in [1.54, 1.807) is 12.1 Å². The number of carboxylic acids is 1. The number of likely N-dealkylation sites (tertiary alicyclic amines) is 1. The number of carbonyl (C=O) groups is 1. The Morgan fingerprint density at radius 1 is 1.29 bits per heavy atom. The van der Waals surface area contributed by atoms with E-state index < -0.39 is 5.97 Å². The number of hydrogen-bond donors (Lipinski definition) is 1. The van der Waals surface area contributed by atoms with Crippen LogP contribution in [0.25, 0.3) is 0 Å². The van der Waals surface area contributed by atoms with Crippen LogP contribution in [-0.2, 0) is 13.1 Å². The largest absolute Gasteiger partial charge is 0.478 e. The molecule has 2 heterocycles. The van der Waals surface area contributed by atoms with Crippen molar-refractivity contribution in [1.29, 1.82) is 0 Å². The van der Waals surface area contributed by atoms with Crippen molar-refractivity contribution in [2.75, 3.05) is 6.54 Å². The van der Waals surface area contributed by atoms with Crippen molar-refractivity contribution in [3.05, 3.63) is 47.3 Å². The Balaban J connectivity index is 1.42. The monoisotopic (exact) mass is 326 g/mol. The highest BCUT2D eigenvalue weighted by Gasteiger charge is 2.28. The molecule has 1 aromatic carbocycles. The molecule has 126 valence electrons. The minimum absolute atomic E-state index is 0.355. The summed E-state index contributed by atoms with van der Waals surface area (Å²) in [5, 5.41) is 17.7. The van der Waals surface area contributed by atoms with Crippen LogP contribution in [0.3, 0.4) is 0 Å². The third kappa shape index (κ3) is 3.33. The average molecular weight is 326 g/mol. The number of nitrogens with zero attached hydrogens (tertiary/aromatic N) is 4. The first-order chi connectivity index (χ1) is 11.7. The van der Waals surface area contributed by atoms with E-state index >= 15 is 0 Å². The Morgan fingerprint density at radius 2 is 2.17 bits per heavy atom. The van der Waals surface area contributed by atoms with Gasteiger partial charge in [-0.3, -0.25) is 9.58 Å². The highest BCUT2D eigenvalue weighted by Crippen LogP contribution is 2.38. The maximum atomic E-state index is 11.1. The van der Waals surface area contributed by atoms with Gasteiger partial charge in [0.2, 0.25) is 0 Å². The zero-order valence-corrected chi connectivity index (χ0v) is 13.6. The molecule has 24 heavy (non-hydrogen) atoms. The lowest BCUT2D eigenvalue weighted by atomic mass is 10.1. The fraction of sp³-hybridized carbons (Fsp3) is 0.500. The maximum Gasteiger partial charge on any atom is 0.335 e. The standard InChI is InChI=1S/C18H22N4O2/c23-18(24)15-4-1-3-13(9-15)10-21-8-2-5-16(21)11-22-12-17(19-20-22)14-6-7-14/h1,3-4,9,12,14,16H,2,5-8,10-11H2,(H,23,24)/t16-/m0/s1. The third-order valence-corrected chi connectivity index (χ3v) is 5.01. The third-order valence-electron chi connectivity index (χ3n) is 5.01. The van der Waals surface area contributed by atoms with Gasteiger partial charge in [-0.2, -0.15) is 0 Å². The van der Waals surface area contributed by atoms with E-state index in [-0.39, 0.29) is 0 Å². The first-order valence-electron chi connectivity index (χ1n) is 8.65. The summed E-state index contributed by atoms with van der Waals surface area (Å²) < 4.78 is 1.98. The van der Waals surface area contributed by atoms with Crippen molar-refractivity contribution < 1.29 is 9.90 Å². The van der Waals surface area contributed by atoms with Crippen molar-refractivity contribution in [2.45, 2.75) is 50.7 Å². The van der Waals surface area contributed by atoms with E-state index in [2.05, 4.69) is 21.4 Å². The molecule has 6 nitrogen and oxygen atoms in total. The molecule has 2 aromatic rings. The molecule has 1 aliphatic heterocycles. The summed E-state index contributed by atoms with van der Waals surface area (Å²) in [6.45, 7) is 2.69. The van der Waals surface area contributed by atoms with E-state index in [1.165, 1.54) is 19.3 Å². The van der Waals surface area contributed by atoms with Gasteiger partial charge in [-0.15, -0.1) is 5.10 Å². The highest BCUT2D eigenvalue weighted by molar-refractivity contribution is 5.87. The fourth-order valence-electron chi connectivity index (χ4n) is 3.53. The van der Waals surface area contributed by atoms with Gasteiger partial charge in [0, 0.05) is 24.7 Å². The van der Waals surface area contributed by atoms with E-state index in [0.717, 1.165) is 37.3 Å². The quantitative estimate of drug-likeness (QED) is 0.883. The second-order valence-electron chi connectivity index (χ2n) is 6.91. The number of hydrogen-bond acceptors (Lipinski definition) is 4. The van der Waals surface area contributed by atoms with Crippen LogP contribution >= 0.6 is 0 Å². The van der Waals surface area contributed by atoms with Gasteiger partial charge >= 0.3 is 5.97 Å². The fourth-order valence-corrected chi connectivity index (χ4v) is 3.53. The van der Waals surface area contributed by atoms with E-state index in [4.69, 9.17) is 5.11 Å². The molecule has 2 aliphatic rings. The zero-order chi connectivity index (χ0) is 16.5. The molecular formula is C18H22N4O2. The van der Waals surface area contributed by atoms with E-state index in [0.29, 0.717) is 17.5 Å². The molecule has 1 atom stereocenters. The average Bonchev–Trinajstić information content (AvgIpc) is 3.18. The Kier molecular flexibility index (Phi) is 4.06. The highest BCUT2D eigenvalue weighted by atomic mass is 16.4. The molecule has 0 spiro atoms. The van der Waals surface area contributed by atoms with Gasteiger partial charge in [0.15, 0.2) is 0 Å². The van der Waals surface area contributed by atoms with E-state index in [1.807, 2.05) is 16.8 Å². The van der Waals surface area contributed by atoms with Crippen LogP contribution in [0.1, 0.15) is 53.2 Å². The lowest BCUT2D eigenvalue weighted by molar-refractivity contribution is 0.0696. The number of rotatable bonds is 6. The topological polar surface area (TPSA) is 71.2 Å². The molecular weight excluding hydrogens is 304 g/mol. The Hall–Kier alpha value is -2.21. The van der Waals surface area contributed by atoms with Gasteiger partial charge in [-0.1, -0.05) is 17.3 Å². The predicted molar refractivity (Wildman–Crippen MR) is 88.8 cm³/mol. The second kappa shape index (κ2) is 6.36. The number of aromatic carboxylic acids is 1. The predicted octanol–water partition coefficient (Wildman–Crippen LogP) is 2.52. The Morgan fingerprint density at radius 3 is 2.96 bits per heavy atom. The minimum atomic E-state index is -0.870. The summed E-state index contributed by atoms with van der Waals surface area (Å²) in [5.41, 5.74) is 2.54. The van der Waals surface area contributed by atoms with Crippen molar-refractivity contribution >= 4 is 5.97 Å². The van der Waals surface area contributed by atoms with Gasteiger partial charge in [0.05, 0.1) is 17.8 Å². The molecule has 1 aliphatic carbocycles. The van der Waals surface area contributed by atoms with Crippen LogP contribution in [0.4, 0.5) is 0 Å². The molecule has 0 radical (unpaired) electrons. The van der Waals surface area contributed by atoms with Crippen LogP contribution in [0, 0.1) is 0 Å². The van der Waals surface area contributed by atoms with Crippen LogP contribution in [-0.4, -0.2) is 43.6 Å². The molecule has 2 fully saturated rings. The van der Waals surface area contributed by atoms with Crippen molar-refractivity contribution in [3.63, 3.8) is 0 Å². The molecule has 1 saturated heterocycles. The zero-order valence-electron chi connectivity index (χ0n) is 13.6. The molecule has 0 amide bonds. The maximum absolute atomic E-state index is 11.1. The minimum Gasteiger partial charge on any atom is -0.478 e. The SMILES string of the molecule is O=C(O)c1cccc(CN2CCC[C@H]2Cn2cc(C3CC3)nn2)c1. The summed E-state index contributed by atoms with van der Waals surface area (Å²) >= 11 is 0. The number of carboxylic acid groups (broad SMARTS) is 1. The summed E-state index contributed by atoms with van der Waals surface area (Å²) in [6, 6.07) is 7.68. The van der Waals surface area contributed by atoms with Crippen LogP contribution in [0.15, 0.2) is 30.5 Å². The molecule has 0 bridgehead atoms. The van der Waals surface area contributed by atoms with E-state index in [9.17, 15) is 4.79 Å². The van der Waals surface area contributed by atoms with Crippen LogP contribution < -0.4 is 0 Å². The first kappa shape index (κ1) is 15.3. The van der Waals surface area contributed by atoms with Crippen molar-refractivity contribution in [1.82, 2.24) is 19.9 Å². The summed E-state index contributed by atoms with van der Waals surface area (Å²) in [7, 11) is 0. The Labute approximate surface area is 141 Å². The number of benzene rings is 1. The van der Waals surface area contributed by atoms with Gasteiger partial charge in [-0.25, -0.2) is 4.79 Å². The van der Waals surface area contributed by atoms with Crippen molar-refractivity contribution in [3.8, 4) is 0 Å². The summed E-state index contributed by atoms with van der Waals surface area (Å²) in [6.07, 6.45) is 6.91. The summed E-state index contributed by atoms with van der Waals surface area (Å²) in [4.78, 5) is 13.6. The second-order valence-corrected chi connectivity index (χ2v) is 6.91. The van der Waals surface area contributed by atoms with Gasteiger partial charge in [0.25, 0.3) is 0 Å². The molecule has 1 aromatic heterocycles. The van der Waals surface area contributed by atoms with Gasteiger partial charge < -0.3 is 5.11 Å². The Bertz CT molecular complexity index is 738. The molecule has 1 saturated carbocycles. The molecule has 1 N–H and O–H groups in total. The normalized spacial score (nSPS) is 21.2. The van der Waals surface area contributed by atoms with Crippen LogP contribution in [0.2, 0.25) is 0 Å². The smallest absolute Gasteiger partial charge is 0.335 e. The van der Waals surface area contributed by atoms with Gasteiger partial charge in [0.1, 0.15) is 0 Å². The lowest BCUT2D eigenvalue weighted by Crippen LogP contribution is -2.32. The molecule has 6 heteroatoms. The van der Waals surface area contributed by atoms with Gasteiger partial charge in [-0.05, 0) is 49.9 Å².